The van der Waals surface area contributed by atoms with Crippen molar-refractivity contribution >= 4 is 5.78 Å². The van der Waals surface area contributed by atoms with E-state index in [1.165, 1.54) is 61.8 Å². The Kier molecular flexibility index (Phi) is 7.67. The van der Waals surface area contributed by atoms with Crippen molar-refractivity contribution in [1.82, 2.24) is 16.0 Å². The van der Waals surface area contributed by atoms with E-state index < -0.39 is 0 Å². The van der Waals surface area contributed by atoms with Crippen LogP contribution in [0.2, 0.25) is 0 Å². The number of nitrogens with one attached hydrogen (secondary N) is 2. The summed E-state index contributed by atoms with van der Waals surface area (Å²) in [5, 5.41) is 12.2. The third kappa shape index (κ3) is 5.18. The number of phenolic OH excluding ortho intramolecular Hbond substituents is 1. The summed E-state index contributed by atoms with van der Waals surface area (Å²) in [5.41, 5.74) is 10.6. The number of hydrogen-bond donors (Lipinski definition) is 3. The lowest BCUT2D eigenvalue weighted by Crippen LogP contribution is -2.44. The molecule has 0 bridgehead atoms. The van der Waals surface area contributed by atoms with Gasteiger partial charge in [-0.25, -0.2) is 0 Å². The minimum atomic E-state index is -0.103. The second kappa shape index (κ2) is 10.8. The van der Waals surface area contributed by atoms with Crippen molar-refractivity contribution in [3.05, 3.63) is 41.2 Å². The number of unbranched alkanes of at least 4 members (excludes halogenated alkanes) is 3. The van der Waals surface area contributed by atoms with E-state index >= 15 is 0 Å². The van der Waals surface area contributed by atoms with E-state index in [0.717, 1.165) is 44.6 Å². The molecule has 0 aromatic heterocycles. The van der Waals surface area contributed by atoms with Gasteiger partial charge < -0.3 is 10.5 Å². The molecule has 0 spiro atoms. The lowest BCUT2D eigenvalue weighted by atomic mass is 9.54. The highest BCUT2D eigenvalue weighted by Crippen LogP contribution is 2.62. The molecule has 0 radical (unpaired) electrons. The van der Waals surface area contributed by atoms with Gasteiger partial charge in [0.05, 0.1) is 0 Å². The van der Waals surface area contributed by atoms with Gasteiger partial charge in [-0.05, 0) is 104 Å². The van der Waals surface area contributed by atoms with Crippen LogP contribution in [0.25, 0.3) is 0 Å². The van der Waals surface area contributed by atoms with E-state index in [-0.39, 0.29) is 5.41 Å². The molecule has 1 aliphatic heterocycles. The molecular formula is C31H47N3O2. The van der Waals surface area contributed by atoms with Crippen LogP contribution in [-0.4, -0.2) is 22.4 Å². The van der Waals surface area contributed by atoms with Crippen LogP contribution in [0, 0.1) is 29.1 Å². The predicted molar refractivity (Wildman–Crippen MR) is 145 cm³/mol. The lowest BCUT2D eigenvalue weighted by Gasteiger charge is -2.50. The molecule has 0 amide bonds. The minimum Gasteiger partial charge on any atom is -0.508 e. The Morgan fingerprint density at radius 2 is 2.00 bits per heavy atom. The van der Waals surface area contributed by atoms with Crippen LogP contribution in [0.5, 0.6) is 5.75 Å². The Balaban J connectivity index is 1.11. The quantitative estimate of drug-likeness (QED) is 0.321. The summed E-state index contributed by atoms with van der Waals surface area (Å²) in [7, 11) is 0. The van der Waals surface area contributed by atoms with Gasteiger partial charge >= 0.3 is 0 Å². The molecule has 1 heterocycles. The summed E-state index contributed by atoms with van der Waals surface area (Å²) in [6.45, 7) is 7.88. The van der Waals surface area contributed by atoms with Crippen LogP contribution >= 0.6 is 0 Å². The number of aryl methyl sites for hydroxylation is 1. The average Bonchev–Trinajstić information content (AvgIpc) is 3.41. The fraction of sp³-hybridized carbons (Fsp3) is 0.710. The number of nitrogens with zero attached hydrogens (tertiary/aromatic N) is 1. The zero-order valence-electron chi connectivity index (χ0n) is 22.7. The van der Waals surface area contributed by atoms with Gasteiger partial charge in [0.1, 0.15) is 11.5 Å². The smallest absolute Gasteiger partial charge is 0.139 e. The molecular weight excluding hydrogens is 446 g/mol. The SMILES string of the molecule is CC(C)CCC1=CN(CCCCCC[C@@H]2CC(=O)C3(C)CC[C@@H]4c5ccc(O)cc5CC[C@H]4[C@H]23)NN1. The van der Waals surface area contributed by atoms with Crippen molar-refractivity contribution in [3.8, 4) is 5.75 Å². The van der Waals surface area contributed by atoms with Gasteiger partial charge in [-0.15, -0.1) is 5.53 Å². The highest BCUT2D eigenvalue weighted by Gasteiger charge is 2.58. The van der Waals surface area contributed by atoms with Gasteiger partial charge in [-0.3, -0.25) is 9.80 Å². The molecule has 1 aromatic rings. The second-order valence-corrected chi connectivity index (χ2v) is 12.8. The number of allylic oxidation sites excluding steroid dienone is 1. The molecule has 5 atom stereocenters. The summed E-state index contributed by atoms with van der Waals surface area (Å²) in [6.07, 6.45) is 15.9. The number of ketones is 1. The molecule has 198 valence electrons. The highest BCUT2D eigenvalue weighted by atomic mass is 16.3. The molecule has 5 rings (SSSR count). The maximum absolute atomic E-state index is 13.2. The first-order chi connectivity index (χ1) is 17.3. The van der Waals surface area contributed by atoms with E-state index in [0.29, 0.717) is 35.2 Å². The summed E-state index contributed by atoms with van der Waals surface area (Å²) in [6, 6.07) is 6.01. The van der Waals surface area contributed by atoms with Gasteiger partial charge in [0.15, 0.2) is 0 Å². The Bertz CT molecular complexity index is 973. The first-order valence-corrected chi connectivity index (χ1v) is 14.7. The van der Waals surface area contributed by atoms with E-state index in [1.54, 1.807) is 0 Å². The van der Waals surface area contributed by atoms with Crippen molar-refractivity contribution < 1.29 is 9.90 Å². The van der Waals surface area contributed by atoms with E-state index in [4.69, 9.17) is 0 Å². The number of hydrazine groups is 2. The molecule has 5 heteroatoms. The van der Waals surface area contributed by atoms with Gasteiger partial charge in [-0.2, -0.15) is 0 Å². The molecule has 1 unspecified atom stereocenters. The maximum atomic E-state index is 13.2. The average molecular weight is 494 g/mol. The highest BCUT2D eigenvalue weighted by molar-refractivity contribution is 5.87. The summed E-state index contributed by atoms with van der Waals surface area (Å²) in [4.78, 5) is 13.2. The van der Waals surface area contributed by atoms with Crippen LogP contribution < -0.4 is 11.0 Å². The number of fused-ring (bicyclic) bond motifs is 5. The van der Waals surface area contributed by atoms with Crippen LogP contribution in [0.1, 0.15) is 108 Å². The fourth-order valence-electron chi connectivity index (χ4n) is 8.02. The summed E-state index contributed by atoms with van der Waals surface area (Å²) >= 11 is 0. The third-order valence-corrected chi connectivity index (χ3v) is 9.94. The normalized spacial score (nSPS) is 31.2. The first-order valence-electron chi connectivity index (χ1n) is 14.7. The number of aromatic hydroxyl groups is 1. The van der Waals surface area contributed by atoms with Crippen molar-refractivity contribution in [3.63, 3.8) is 0 Å². The van der Waals surface area contributed by atoms with Crippen LogP contribution in [-0.2, 0) is 11.2 Å². The number of rotatable bonds is 10. The largest absolute Gasteiger partial charge is 0.508 e. The van der Waals surface area contributed by atoms with E-state index in [2.05, 4.69) is 49.0 Å². The molecule has 3 N–H and O–H groups in total. The molecule has 2 saturated carbocycles. The Hall–Kier alpha value is -2.01. The van der Waals surface area contributed by atoms with Gasteiger partial charge in [-0.1, -0.05) is 46.1 Å². The molecule has 2 fully saturated rings. The zero-order valence-corrected chi connectivity index (χ0v) is 22.7. The van der Waals surface area contributed by atoms with Crippen molar-refractivity contribution in [2.24, 2.45) is 29.1 Å². The zero-order chi connectivity index (χ0) is 25.3. The lowest BCUT2D eigenvalue weighted by molar-refractivity contribution is -0.129. The number of phenols is 1. The number of carbonyl (C=O) groups is 1. The Labute approximate surface area is 218 Å². The minimum absolute atomic E-state index is 0.103. The monoisotopic (exact) mass is 493 g/mol. The molecule has 1 aromatic carbocycles. The first kappa shape index (κ1) is 25.6. The Morgan fingerprint density at radius 1 is 1.17 bits per heavy atom. The van der Waals surface area contributed by atoms with Crippen molar-refractivity contribution in [2.75, 3.05) is 6.54 Å². The summed E-state index contributed by atoms with van der Waals surface area (Å²) < 4.78 is 0. The van der Waals surface area contributed by atoms with Gasteiger partial charge in [0.25, 0.3) is 0 Å². The van der Waals surface area contributed by atoms with E-state index in [9.17, 15) is 9.90 Å². The van der Waals surface area contributed by atoms with Gasteiger partial charge in [0.2, 0.25) is 0 Å². The van der Waals surface area contributed by atoms with Crippen molar-refractivity contribution in [1.29, 1.82) is 0 Å². The molecule has 36 heavy (non-hydrogen) atoms. The van der Waals surface area contributed by atoms with Crippen LogP contribution in [0.3, 0.4) is 0 Å². The predicted octanol–water partition coefficient (Wildman–Crippen LogP) is 6.60. The number of hydrogen-bond acceptors (Lipinski definition) is 5. The van der Waals surface area contributed by atoms with Crippen LogP contribution in [0.15, 0.2) is 30.1 Å². The fourth-order valence-corrected chi connectivity index (χ4v) is 8.02. The summed E-state index contributed by atoms with van der Waals surface area (Å²) in [5.74, 6) is 3.97. The molecule has 4 aliphatic rings. The maximum Gasteiger partial charge on any atom is 0.139 e. The third-order valence-electron chi connectivity index (χ3n) is 9.94. The molecule has 3 aliphatic carbocycles. The number of benzene rings is 1. The number of carbonyl (C=O) groups excluding carboxylic acids is 1. The number of Topliss-reactive ketones (excluding diaryl/α,β-unsaturated/α-hetero) is 1. The van der Waals surface area contributed by atoms with E-state index in [1.807, 2.05) is 12.1 Å². The molecule has 0 saturated heterocycles. The van der Waals surface area contributed by atoms with Crippen LogP contribution in [0.4, 0.5) is 0 Å². The van der Waals surface area contributed by atoms with Gasteiger partial charge in [0, 0.05) is 30.3 Å². The van der Waals surface area contributed by atoms with Crippen molar-refractivity contribution in [2.45, 2.75) is 104 Å². The Morgan fingerprint density at radius 3 is 2.83 bits per heavy atom. The topological polar surface area (TPSA) is 64.6 Å². The second-order valence-electron chi connectivity index (χ2n) is 12.8. The molecule has 5 nitrogen and oxygen atoms in total. The standard InChI is InChI=1S/C31H47N3O2/c1-21(2)9-11-24-20-34(33-32-24)17-7-5-4-6-8-23-19-29(36)31(3)16-15-27-26-14-12-25(35)18-22(26)10-13-28(27)30(23)31/h12,14,18,20-21,23,27-28,30,32-33,35H,4-11,13,15-17,19H2,1-3H3/t23-,27-,28-,30+,31?/m1/s1.